The minimum Gasteiger partial charge on any atom is -0.456 e. The zero-order valence-electron chi connectivity index (χ0n) is 22.3. The number of imidazole rings is 1. The van der Waals surface area contributed by atoms with Gasteiger partial charge in [-0.25, -0.2) is 17.9 Å². The minimum absolute atomic E-state index is 0.156. The number of nitrogens with one attached hydrogen (secondary N) is 1. The van der Waals surface area contributed by atoms with Gasteiger partial charge in [-0.3, -0.25) is 4.40 Å². The first-order chi connectivity index (χ1) is 19.4. The van der Waals surface area contributed by atoms with Gasteiger partial charge in [-0.2, -0.15) is 0 Å². The van der Waals surface area contributed by atoms with Gasteiger partial charge in [0.15, 0.2) is 15.1 Å². The zero-order valence-corrected chi connectivity index (χ0v) is 25.5. The van der Waals surface area contributed by atoms with E-state index in [1.54, 1.807) is 24.1 Å². The molecular weight excluding hydrogens is 589 g/mol. The van der Waals surface area contributed by atoms with Crippen molar-refractivity contribution in [3.63, 3.8) is 0 Å². The van der Waals surface area contributed by atoms with E-state index >= 15 is 0 Å². The van der Waals surface area contributed by atoms with Crippen LogP contribution in [0.4, 0.5) is 10.1 Å². The monoisotopic (exact) mass is 617 g/mol. The first-order valence-electron chi connectivity index (χ1n) is 12.9. The van der Waals surface area contributed by atoms with Crippen molar-refractivity contribution in [3.8, 4) is 11.3 Å². The number of thiazole rings is 1. The molecule has 1 saturated heterocycles. The number of hydrogen-bond acceptors (Lipinski definition) is 7. The summed E-state index contributed by atoms with van der Waals surface area (Å²) < 4.78 is 39.9. The maximum Gasteiger partial charge on any atom is 0.196 e. The number of halogens is 2. The molecule has 1 aliphatic rings. The number of hydrogen-bond donors (Lipinski definition) is 1. The molecule has 40 heavy (non-hydrogen) atoms. The smallest absolute Gasteiger partial charge is 0.196 e. The first-order valence-corrected chi connectivity index (χ1v) is 16.5. The quantitative estimate of drug-likeness (QED) is 0.190. The first kappa shape index (κ1) is 27.7. The van der Waals surface area contributed by atoms with E-state index in [1.165, 1.54) is 29.0 Å². The van der Waals surface area contributed by atoms with Crippen molar-refractivity contribution in [2.75, 3.05) is 37.7 Å². The van der Waals surface area contributed by atoms with Crippen LogP contribution in [0.25, 0.3) is 27.3 Å². The lowest BCUT2D eigenvalue weighted by atomic mass is 9.89. The highest BCUT2D eigenvalue weighted by Gasteiger charge is 2.31. The normalized spacial score (nSPS) is 17.2. The molecule has 0 bridgehead atoms. The molecule has 210 valence electrons. The average molecular weight is 618 g/mol. The molecule has 1 aliphatic heterocycles. The fraction of sp³-hybridized carbons (Fsp3) is 0.321. The lowest BCUT2D eigenvalue weighted by molar-refractivity contribution is 0.330. The number of rotatable bonds is 8. The van der Waals surface area contributed by atoms with Crippen molar-refractivity contribution in [1.82, 2.24) is 19.0 Å². The average Bonchev–Trinajstić information content (AvgIpc) is 3.65. The Morgan fingerprint density at radius 1 is 1.32 bits per heavy atom. The van der Waals surface area contributed by atoms with Gasteiger partial charge in [-0.15, -0.1) is 11.3 Å². The van der Waals surface area contributed by atoms with Gasteiger partial charge in [0.05, 0.1) is 5.69 Å². The zero-order chi connectivity index (χ0) is 28.0. The molecule has 4 heterocycles. The largest absolute Gasteiger partial charge is 0.456 e. The molecular formula is C28H29ClFN5O2S3. The van der Waals surface area contributed by atoms with Crippen molar-refractivity contribution in [2.24, 2.45) is 0 Å². The lowest BCUT2D eigenvalue weighted by Gasteiger charge is -2.33. The van der Waals surface area contributed by atoms with E-state index in [9.17, 15) is 8.60 Å². The van der Waals surface area contributed by atoms with Crippen LogP contribution >= 0.6 is 34.9 Å². The third-order valence-corrected chi connectivity index (χ3v) is 10.8. The number of furan rings is 1. The van der Waals surface area contributed by atoms with Crippen LogP contribution in [0.15, 0.2) is 57.4 Å². The van der Waals surface area contributed by atoms with Crippen LogP contribution in [0.1, 0.15) is 29.9 Å². The standard InChI is InChI=1S/C28H29ClFN5O2S3/c1-31-15-22-21-13-20(23(33(2)38-3)14-24(21)37-25(22)17-6-8-19(30)9-7-17)18-5-4-10-34(16-18)40(36)27-26(29)32-28-35(27)11-12-39-28/h6-9,11-14,18,31H,4-5,10,15-16H2,1-3H3/t18-,40?/m1/s1. The van der Waals surface area contributed by atoms with Crippen LogP contribution in [0.2, 0.25) is 5.15 Å². The van der Waals surface area contributed by atoms with Crippen molar-refractivity contribution in [1.29, 1.82) is 0 Å². The molecule has 2 atom stereocenters. The van der Waals surface area contributed by atoms with E-state index in [-0.39, 0.29) is 11.7 Å². The highest BCUT2D eigenvalue weighted by atomic mass is 35.5. The Morgan fingerprint density at radius 3 is 2.88 bits per heavy atom. The molecule has 0 spiro atoms. The molecule has 3 aromatic heterocycles. The van der Waals surface area contributed by atoms with E-state index in [4.69, 9.17) is 16.0 Å². The molecule has 1 N–H and O–H groups in total. The van der Waals surface area contributed by atoms with Crippen LogP contribution in [-0.4, -0.2) is 51.3 Å². The molecule has 0 radical (unpaired) electrons. The molecule has 5 aromatic rings. The van der Waals surface area contributed by atoms with Gasteiger partial charge in [0, 0.05) is 67.1 Å². The predicted octanol–water partition coefficient (Wildman–Crippen LogP) is 6.94. The maximum atomic E-state index is 13.8. The van der Waals surface area contributed by atoms with Crippen LogP contribution in [-0.2, 0) is 17.5 Å². The Morgan fingerprint density at radius 2 is 2.12 bits per heavy atom. The highest BCUT2D eigenvalue weighted by molar-refractivity contribution is 7.99. The highest BCUT2D eigenvalue weighted by Crippen LogP contribution is 2.43. The second kappa shape index (κ2) is 11.5. The van der Waals surface area contributed by atoms with Crippen LogP contribution in [0.3, 0.4) is 0 Å². The molecule has 2 aromatic carbocycles. The molecule has 1 unspecified atom stereocenters. The van der Waals surface area contributed by atoms with Gasteiger partial charge in [0.25, 0.3) is 0 Å². The van der Waals surface area contributed by atoms with Crippen LogP contribution in [0, 0.1) is 5.82 Å². The summed E-state index contributed by atoms with van der Waals surface area (Å²) in [6.07, 6.45) is 5.80. The summed E-state index contributed by atoms with van der Waals surface area (Å²) in [4.78, 5) is 5.13. The van der Waals surface area contributed by atoms with E-state index in [0.717, 1.165) is 57.9 Å². The third-order valence-electron chi connectivity index (χ3n) is 7.42. The number of benzene rings is 2. The molecule has 1 fully saturated rings. The van der Waals surface area contributed by atoms with Crippen molar-refractivity contribution < 1.29 is 13.0 Å². The summed E-state index contributed by atoms with van der Waals surface area (Å²) in [5.74, 6) is 0.612. The number of aromatic nitrogens is 2. The van der Waals surface area contributed by atoms with Gasteiger partial charge < -0.3 is 14.0 Å². The Kier molecular flexibility index (Phi) is 7.95. The van der Waals surface area contributed by atoms with Gasteiger partial charge in [-0.05, 0) is 61.7 Å². The number of anilines is 1. The summed E-state index contributed by atoms with van der Waals surface area (Å²) in [7, 11) is 2.51. The molecule has 12 heteroatoms. The topological polar surface area (TPSA) is 66.0 Å². The van der Waals surface area contributed by atoms with E-state index < -0.39 is 11.0 Å². The number of fused-ring (bicyclic) bond motifs is 2. The maximum absolute atomic E-state index is 13.8. The van der Waals surface area contributed by atoms with E-state index in [0.29, 0.717) is 23.3 Å². The molecule has 0 saturated carbocycles. The molecule has 0 aliphatic carbocycles. The van der Waals surface area contributed by atoms with Crippen molar-refractivity contribution in [3.05, 3.63) is 70.1 Å². The van der Waals surface area contributed by atoms with Crippen molar-refractivity contribution in [2.45, 2.75) is 30.3 Å². The number of nitrogens with zero attached hydrogens (tertiary/aromatic N) is 4. The van der Waals surface area contributed by atoms with Gasteiger partial charge in [0.1, 0.15) is 28.1 Å². The van der Waals surface area contributed by atoms with Crippen LogP contribution < -0.4 is 9.62 Å². The van der Waals surface area contributed by atoms with Crippen molar-refractivity contribution >= 4 is 67.5 Å². The van der Waals surface area contributed by atoms with Gasteiger partial charge in [-0.1, -0.05) is 23.5 Å². The lowest BCUT2D eigenvalue weighted by Crippen LogP contribution is -2.36. The molecule has 6 rings (SSSR count). The summed E-state index contributed by atoms with van der Waals surface area (Å²) in [6.45, 7) is 1.96. The van der Waals surface area contributed by atoms with E-state index in [1.807, 2.05) is 40.6 Å². The second-order valence-corrected chi connectivity index (χ2v) is 13.3. The fourth-order valence-electron chi connectivity index (χ4n) is 5.45. The van der Waals surface area contributed by atoms with Gasteiger partial charge >= 0.3 is 0 Å². The summed E-state index contributed by atoms with van der Waals surface area (Å²) in [5, 5.41) is 7.04. The Hall–Kier alpha value is -2.41. The third kappa shape index (κ3) is 4.97. The number of piperidine rings is 1. The Balaban J connectivity index is 1.42. The summed E-state index contributed by atoms with van der Waals surface area (Å²) in [5.41, 5.74) is 4.91. The summed E-state index contributed by atoms with van der Waals surface area (Å²) in [6, 6.07) is 10.8. The predicted molar refractivity (Wildman–Crippen MR) is 164 cm³/mol. The van der Waals surface area contributed by atoms with E-state index in [2.05, 4.69) is 26.7 Å². The minimum atomic E-state index is -1.44. The molecule has 7 nitrogen and oxygen atoms in total. The molecule has 0 amide bonds. The van der Waals surface area contributed by atoms with Gasteiger partial charge in [0.2, 0.25) is 0 Å². The Labute approximate surface area is 248 Å². The SMILES string of the molecule is CNCc1c(-c2ccc(F)cc2)oc2cc(N(C)SC)c([C@@H]3CCCN(S(=O)c4c(Cl)nc5sccn45)C3)cc12. The Bertz CT molecular complexity index is 1700. The van der Waals surface area contributed by atoms with Crippen LogP contribution in [0.5, 0.6) is 0 Å². The second-order valence-electron chi connectivity index (χ2n) is 9.77. The fourth-order valence-corrected chi connectivity index (χ4v) is 8.35. The summed E-state index contributed by atoms with van der Waals surface area (Å²) >= 11 is 9.55.